The Morgan fingerprint density at radius 2 is 2.16 bits per heavy atom. The molecule has 5 nitrogen and oxygen atoms in total. The molecule has 1 aliphatic carbocycles. The van der Waals surface area contributed by atoms with Crippen LogP contribution < -0.4 is 5.32 Å². The molecule has 0 radical (unpaired) electrons. The molecular formula is C14H23N3O2. The van der Waals surface area contributed by atoms with E-state index < -0.39 is 0 Å². The third-order valence-electron chi connectivity index (χ3n) is 3.98. The van der Waals surface area contributed by atoms with Crippen LogP contribution in [0, 0.1) is 5.92 Å². The van der Waals surface area contributed by atoms with Crippen LogP contribution in [-0.4, -0.2) is 22.3 Å². The van der Waals surface area contributed by atoms with Crippen molar-refractivity contribution in [2.24, 2.45) is 5.92 Å². The van der Waals surface area contributed by atoms with Crippen LogP contribution in [-0.2, 0) is 0 Å². The van der Waals surface area contributed by atoms with Crippen molar-refractivity contribution in [3.63, 3.8) is 0 Å². The lowest BCUT2D eigenvalue weighted by Crippen LogP contribution is -2.37. The van der Waals surface area contributed by atoms with E-state index in [-0.39, 0.29) is 17.7 Å². The summed E-state index contributed by atoms with van der Waals surface area (Å²) in [6.07, 6.45) is 11.3. The van der Waals surface area contributed by atoms with E-state index in [9.17, 15) is 4.79 Å². The molecule has 0 aliphatic heterocycles. The second-order valence-corrected chi connectivity index (χ2v) is 5.47. The van der Waals surface area contributed by atoms with Gasteiger partial charge in [-0.25, -0.2) is 0 Å². The summed E-state index contributed by atoms with van der Waals surface area (Å²) >= 11 is 0. The third-order valence-corrected chi connectivity index (χ3v) is 3.98. The van der Waals surface area contributed by atoms with Gasteiger partial charge in [-0.2, -0.15) is 0 Å². The van der Waals surface area contributed by atoms with Crippen LogP contribution in [0.25, 0.3) is 0 Å². The molecule has 1 aromatic rings. The number of amides is 1. The van der Waals surface area contributed by atoms with E-state index in [0.29, 0.717) is 0 Å². The molecule has 0 spiro atoms. The summed E-state index contributed by atoms with van der Waals surface area (Å²) < 4.78 is 4.75. The first kappa shape index (κ1) is 14.0. The van der Waals surface area contributed by atoms with Crippen LogP contribution in [0.5, 0.6) is 0 Å². The Kier molecular flexibility index (Phi) is 5.36. The van der Waals surface area contributed by atoms with E-state index in [2.05, 4.69) is 22.6 Å². The Hall–Kier alpha value is -1.39. The molecule has 0 atom stereocenters. The highest BCUT2D eigenvalue weighted by molar-refractivity contribution is 5.91. The SMILES string of the molecule is CCCCCC1CCC(NC(=O)c2cnno2)CC1. The van der Waals surface area contributed by atoms with Gasteiger partial charge in [0.15, 0.2) is 0 Å². The van der Waals surface area contributed by atoms with Crippen LogP contribution >= 0.6 is 0 Å². The number of aromatic nitrogens is 2. The van der Waals surface area contributed by atoms with Gasteiger partial charge in [-0.05, 0) is 31.6 Å². The second kappa shape index (κ2) is 7.26. The van der Waals surface area contributed by atoms with Gasteiger partial charge in [0.05, 0.1) is 0 Å². The lowest BCUT2D eigenvalue weighted by molar-refractivity contribution is 0.0883. The van der Waals surface area contributed by atoms with Crippen LogP contribution in [0.2, 0.25) is 0 Å². The maximum atomic E-state index is 11.8. The van der Waals surface area contributed by atoms with Crippen molar-refractivity contribution in [2.75, 3.05) is 0 Å². The van der Waals surface area contributed by atoms with Crippen LogP contribution in [0.4, 0.5) is 0 Å². The van der Waals surface area contributed by atoms with Crippen LogP contribution in [0.3, 0.4) is 0 Å². The van der Waals surface area contributed by atoms with Gasteiger partial charge in [-0.3, -0.25) is 4.79 Å². The number of hydrogen-bond acceptors (Lipinski definition) is 4. The van der Waals surface area contributed by atoms with E-state index in [1.165, 1.54) is 44.7 Å². The highest BCUT2D eigenvalue weighted by atomic mass is 16.5. The maximum absolute atomic E-state index is 11.8. The largest absolute Gasteiger partial charge is 0.346 e. The van der Waals surface area contributed by atoms with Crippen LogP contribution in [0.1, 0.15) is 68.8 Å². The van der Waals surface area contributed by atoms with Gasteiger partial charge in [-0.1, -0.05) is 32.6 Å². The zero-order valence-electron chi connectivity index (χ0n) is 11.6. The summed E-state index contributed by atoms with van der Waals surface area (Å²) in [6.45, 7) is 2.24. The van der Waals surface area contributed by atoms with Crippen molar-refractivity contribution in [3.05, 3.63) is 12.0 Å². The van der Waals surface area contributed by atoms with Crippen molar-refractivity contribution in [1.82, 2.24) is 15.7 Å². The molecule has 1 N–H and O–H groups in total. The highest BCUT2D eigenvalue weighted by Crippen LogP contribution is 2.28. The van der Waals surface area contributed by atoms with E-state index >= 15 is 0 Å². The molecule has 1 fully saturated rings. The molecule has 0 bridgehead atoms. The second-order valence-electron chi connectivity index (χ2n) is 5.47. The standard InChI is InChI=1S/C14H23N3O2/c1-2-3-4-5-11-6-8-12(9-7-11)16-14(18)13-10-15-17-19-13/h10-12H,2-9H2,1H3,(H,16,18). The molecule has 0 saturated heterocycles. The lowest BCUT2D eigenvalue weighted by Gasteiger charge is -2.28. The van der Waals surface area contributed by atoms with Gasteiger partial charge in [0.2, 0.25) is 5.76 Å². The zero-order chi connectivity index (χ0) is 13.5. The Bertz CT molecular complexity index is 370. The minimum absolute atomic E-state index is 0.195. The van der Waals surface area contributed by atoms with E-state index in [1.807, 2.05) is 0 Å². The minimum atomic E-state index is -0.195. The molecule has 1 aromatic heterocycles. The summed E-state index contributed by atoms with van der Waals surface area (Å²) in [5.74, 6) is 0.858. The molecule has 1 saturated carbocycles. The lowest BCUT2D eigenvalue weighted by atomic mass is 9.83. The predicted molar refractivity (Wildman–Crippen MR) is 71.7 cm³/mol. The van der Waals surface area contributed by atoms with Crippen molar-refractivity contribution in [2.45, 2.75) is 64.3 Å². The molecule has 1 amide bonds. The van der Waals surface area contributed by atoms with Gasteiger partial charge in [0.25, 0.3) is 5.91 Å². The number of unbranched alkanes of at least 4 members (excludes halogenated alkanes) is 2. The number of nitrogens with one attached hydrogen (secondary N) is 1. The van der Waals surface area contributed by atoms with Crippen LogP contribution in [0.15, 0.2) is 10.7 Å². The average Bonchev–Trinajstić information content (AvgIpc) is 2.95. The first-order valence-electron chi connectivity index (χ1n) is 7.37. The normalized spacial score (nSPS) is 23.2. The van der Waals surface area contributed by atoms with Crippen molar-refractivity contribution < 1.29 is 9.32 Å². The molecule has 0 aromatic carbocycles. The van der Waals surface area contributed by atoms with E-state index in [1.54, 1.807) is 0 Å². The van der Waals surface area contributed by atoms with Gasteiger partial charge in [0, 0.05) is 11.3 Å². The first-order chi connectivity index (χ1) is 9.29. The number of rotatable bonds is 6. The van der Waals surface area contributed by atoms with Gasteiger partial charge in [-0.15, -0.1) is 5.10 Å². The summed E-state index contributed by atoms with van der Waals surface area (Å²) in [5, 5.41) is 9.81. The zero-order valence-corrected chi connectivity index (χ0v) is 11.6. The van der Waals surface area contributed by atoms with Crippen molar-refractivity contribution >= 4 is 5.91 Å². The Labute approximate surface area is 114 Å². The summed E-state index contributed by atoms with van der Waals surface area (Å²) in [6, 6.07) is 0.278. The molecule has 1 aliphatic rings. The highest BCUT2D eigenvalue weighted by Gasteiger charge is 2.23. The van der Waals surface area contributed by atoms with Gasteiger partial charge < -0.3 is 9.84 Å². The molecule has 1 heterocycles. The minimum Gasteiger partial charge on any atom is -0.346 e. The fraction of sp³-hybridized carbons (Fsp3) is 0.786. The third kappa shape index (κ3) is 4.33. The molecule has 0 unspecified atom stereocenters. The molecule has 19 heavy (non-hydrogen) atoms. The number of carbonyl (C=O) groups excluding carboxylic acids is 1. The average molecular weight is 265 g/mol. The van der Waals surface area contributed by atoms with Gasteiger partial charge in [0.1, 0.15) is 6.20 Å². The number of nitrogens with zero attached hydrogens (tertiary/aromatic N) is 2. The van der Waals surface area contributed by atoms with Gasteiger partial charge >= 0.3 is 0 Å². The van der Waals surface area contributed by atoms with E-state index in [0.717, 1.165) is 18.8 Å². The molecule has 2 rings (SSSR count). The summed E-state index contributed by atoms with van der Waals surface area (Å²) in [4.78, 5) is 11.8. The summed E-state index contributed by atoms with van der Waals surface area (Å²) in [5.41, 5.74) is 0. The van der Waals surface area contributed by atoms with E-state index in [4.69, 9.17) is 4.52 Å². The Balaban J connectivity index is 1.67. The quantitative estimate of drug-likeness (QED) is 0.803. The summed E-state index contributed by atoms with van der Waals surface area (Å²) in [7, 11) is 0. The number of carbonyl (C=O) groups is 1. The number of hydrogen-bond donors (Lipinski definition) is 1. The Morgan fingerprint density at radius 3 is 2.79 bits per heavy atom. The molecule has 5 heteroatoms. The monoisotopic (exact) mass is 265 g/mol. The fourth-order valence-corrected chi connectivity index (χ4v) is 2.80. The maximum Gasteiger partial charge on any atom is 0.291 e. The fourth-order valence-electron chi connectivity index (χ4n) is 2.80. The predicted octanol–water partition coefficient (Wildman–Crippen LogP) is 2.94. The van der Waals surface area contributed by atoms with Crippen molar-refractivity contribution in [1.29, 1.82) is 0 Å². The smallest absolute Gasteiger partial charge is 0.291 e. The first-order valence-corrected chi connectivity index (χ1v) is 7.37. The molecule has 106 valence electrons. The topological polar surface area (TPSA) is 68.0 Å². The Morgan fingerprint density at radius 1 is 1.37 bits per heavy atom. The van der Waals surface area contributed by atoms with Crippen molar-refractivity contribution in [3.8, 4) is 0 Å². The molecular weight excluding hydrogens is 242 g/mol.